The van der Waals surface area contributed by atoms with E-state index in [1.54, 1.807) is 0 Å². The minimum absolute atomic E-state index is 0.181. The Balaban J connectivity index is 2.20. The molecule has 7 heavy (non-hydrogen) atoms. The maximum absolute atomic E-state index is 8.42. The molecule has 1 aliphatic carbocycles. The van der Waals surface area contributed by atoms with Gasteiger partial charge < -0.3 is 10.0 Å². The van der Waals surface area contributed by atoms with Gasteiger partial charge in [0.1, 0.15) is 0 Å². The highest BCUT2D eigenvalue weighted by Crippen LogP contribution is 2.44. The normalized spacial score (nSPS) is 38.1. The molecule has 1 saturated carbocycles. The van der Waals surface area contributed by atoms with Crippen LogP contribution in [-0.2, 0) is 0 Å². The molecule has 0 amide bonds. The lowest BCUT2D eigenvalue weighted by Gasteiger charge is -1.88. The Labute approximate surface area is 43.3 Å². The van der Waals surface area contributed by atoms with Gasteiger partial charge in [-0.15, -0.1) is 0 Å². The lowest BCUT2D eigenvalue weighted by atomic mass is 9.82. The third-order valence-corrected chi connectivity index (χ3v) is 1.55. The van der Waals surface area contributed by atoms with Crippen molar-refractivity contribution in [2.45, 2.75) is 19.2 Å². The van der Waals surface area contributed by atoms with E-state index in [1.165, 1.54) is 0 Å². The molecule has 2 atom stereocenters. The van der Waals surface area contributed by atoms with Crippen molar-refractivity contribution in [1.82, 2.24) is 0 Å². The summed E-state index contributed by atoms with van der Waals surface area (Å²) in [5.41, 5.74) is 0. The molecule has 0 aliphatic heterocycles. The highest BCUT2D eigenvalue weighted by atomic mass is 16.4. The van der Waals surface area contributed by atoms with Crippen LogP contribution in [0.3, 0.4) is 0 Å². The second-order valence-corrected chi connectivity index (χ2v) is 2.29. The van der Waals surface area contributed by atoms with E-state index in [0.29, 0.717) is 5.92 Å². The molecule has 0 aromatic heterocycles. The van der Waals surface area contributed by atoms with Gasteiger partial charge in [-0.05, 0) is 18.2 Å². The van der Waals surface area contributed by atoms with Crippen LogP contribution in [-0.4, -0.2) is 17.2 Å². The summed E-state index contributed by atoms with van der Waals surface area (Å²) in [7, 11) is -1.06. The fourth-order valence-corrected chi connectivity index (χ4v) is 0.766. The molecule has 0 aromatic carbocycles. The van der Waals surface area contributed by atoms with E-state index in [1.807, 2.05) is 6.92 Å². The Morgan fingerprint density at radius 3 is 2.00 bits per heavy atom. The molecule has 3 heteroatoms. The van der Waals surface area contributed by atoms with Crippen LogP contribution >= 0.6 is 0 Å². The van der Waals surface area contributed by atoms with E-state index in [4.69, 9.17) is 10.0 Å². The molecule has 2 nitrogen and oxygen atoms in total. The molecule has 0 unspecified atom stereocenters. The van der Waals surface area contributed by atoms with Gasteiger partial charge in [0, 0.05) is 0 Å². The van der Waals surface area contributed by atoms with Gasteiger partial charge in [-0.1, -0.05) is 6.92 Å². The Morgan fingerprint density at radius 2 is 2.00 bits per heavy atom. The topological polar surface area (TPSA) is 40.5 Å². The van der Waals surface area contributed by atoms with E-state index >= 15 is 0 Å². The smallest absolute Gasteiger partial charge is 0.427 e. The van der Waals surface area contributed by atoms with Crippen LogP contribution < -0.4 is 0 Å². The quantitative estimate of drug-likeness (QED) is 0.450. The van der Waals surface area contributed by atoms with Gasteiger partial charge in [0.15, 0.2) is 0 Å². The maximum Gasteiger partial charge on any atom is 0.455 e. The van der Waals surface area contributed by atoms with Crippen molar-refractivity contribution in [2.24, 2.45) is 5.92 Å². The Morgan fingerprint density at radius 1 is 1.57 bits per heavy atom. The third kappa shape index (κ3) is 0.953. The maximum atomic E-state index is 8.42. The van der Waals surface area contributed by atoms with Gasteiger partial charge in [0.25, 0.3) is 0 Å². The van der Waals surface area contributed by atoms with Crippen LogP contribution in [0, 0.1) is 5.92 Å². The molecule has 0 aromatic rings. The van der Waals surface area contributed by atoms with Crippen LogP contribution in [0.1, 0.15) is 13.3 Å². The molecule has 1 fully saturated rings. The molecule has 0 bridgehead atoms. The van der Waals surface area contributed by atoms with Crippen LogP contribution in [0.4, 0.5) is 0 Å². The Bertz CT molecular complexity index is 74.1. The third-order valence-electron chi connectivity index (χ3n) is 1.55. The summed E-state index contributed by atoms with van der Waals surface area (Å²) in [6.07, 6.45) is 0.984. The standard InChI is InChI=1S/C4H9BO2/c1-3-2-4(3)5(6)7/h3-4,6-7H,2H2,1H3/t3-,4-/m1/s1. The lowest BCUT2D eigenvalue weighted by molar-refractivity contribution is 0.401. The first-order valence-electron chi connectivity index (χ1n) is 2.58. The molecular formula is C4H9BO2. The molecule has 2 N–H and O–H groups in total. The van der Waals surface area contributed by atoms with E-state index in [0.717, 1.165) is 6.42 Å². The summed E-state index contributed by atoms with van der Waals surface area (Å²) in [6, 6.07) is 0. The van der Waals surface area contributed by atoms with E-state index in [-0.39, 0.29) is 5.82 Å². The number of rotatable bonds is 1. The van der Waals surface area contributed by atoms with Crippen LogP contribution in [0.15, 0.2) is 0 Å². The zero-order valence-corrected chi connectivity index (χ0v) is 4.33. The predicted molar refractivity (Wildman–Crippen MR) is 27.7 cm³/mol. The zero-order chi connectivity index (χ0) is 5.44. The Hall–Kier alpha value is -0.0151. The monoisotopic (exact) mass is 100 g/mol. The van der Waals surface area contributed by atoms with Crippen molar-refractivity contribution in [2.75, 3.05) is 0 Å². The van der Waals surface area contributed by atoms with E-state index in [9.17, 15) is 0 Å². The summed E-state index contributed by atoms with van der Waals surface area (Å²) in [4.78, 5) is 0. The fraction of sp³-hybridized carbons (Fsp3) is 1.00. The average molecular weight is 99.9 g/mol. The van der Waals surface area contributed by atoms with Crippen LogP contribution in [0.25, 0.3) is 0 Å². The van der Waals surface area contributed by atoms with Crippen molar-refractivity contribution in [3.05, 3.63) is 0 Å². The molecule has 0 radical (unpaired) electrons. The minimum atomic E-state index is -1.06. The summed E-state index contributed by atoms with van der Waals surface area (Å²) >= 11 is 0. The minimum Gasteiger partial charge on any atom is -0.427 e. The number of hydrogen-bond acceptors (Lipinski definition) is 2. The largest absolute Gasteiger partial charge is 0.455 e. The second-order valence-electron chi connectivity index (χ2n) is 2.29. The molecule has 0 saturated heterocycles. The van der Waals surface area contributed by atoms with Crippen molar-refractivity contribution in [1.29, 1.82) is 0 Å². The van der Waals surface area contributed by atoms with Crippen molar-refractivity contribution >= 4 is 7.12 Å². The van der Waals surface area contributed by atoms with Crippen LogP contribution in [0.2, 0.25) is 5.82 Å². The highest BCUT2D eigenvalue weighted by molar-refractivity contribution is 6.44. The highest BCUT2D eigenvalue weighted by Gasteiger charge is 2.41. The van der Waals surface area contributed by atoms with Crippen LogP contribution in [0.5, 0.6) is 0 Å². The lowest BCUT2D eigenvalue weighted by Crippen LogP contribution is -2.10. The molecule has 1 rings (SSSR count). The molecular weight excluding hydrogens is 90.9 g/mol. The molecule has 40 valence electrons. The van der Waals surface area contributed by atoms with Crippen molar-refractivity contribution < 1.29 is 10.0 Å². The van der Waals surface area contributed by atoms with Gasteiger partial charge in [0.2, 0.25) is 0 Å². The summed E-state index contributed by atoms with van der Waals surface area (Å²) in [6.45, 7) is 2.02. The zero-order valence-electron chi connectivity index (χ0n) is 4.33. The van der Waals surface area contributed by atoms with Crippen molar-refractivity contribution in [3.8, 4) is 0 Å². The van der Waals surface area contributed by atoms with Gasteiger partial charge >= 0.3 is 7.12 Å². The average Bonchev–Trinajstić information content (AvgIpc) is 2.17. The number of hydrogen-bond donors (Lipinski definition) is 2. The first-order valence-corrected chi connectivity index (χ1v) is 2.58. The van der Waals surface area contributed by atoms with Crippen molar-refractivity contribution in [3.63, 3.8) is 0 Å². The van der Waals surface area contributed by atoms with E-state index in [2.05, 4.69) is 0 Å². The first-order chi connectivity index (χ1) is 3.22. The predicted octanol–water partition coefficient (Wildman–Crippen LogP) is -0.131. The summed E-state index contributed by atoms with van der Waals surface area (Å²) in [5.74, 6) is 0.722. The molecule has 0 spiro atoms. The van der Waals surface area contributed by atoms with E-state index < -0.39 is 7.12 Å². The van der Waals surface area contributed by atoms with Gasteiger partial charge in [-0.2, -0.15) is 0 Å². The van der Waals surface area contributed by atoms with Gasteiger partial charge in [-0.3, -0.25) is 0 Å². The fourth-order valence-electron chi connectivity index (χ4n) is 0.766. The summed E-state index contributed by atoms with van der Waals surface area (Å²) < 4.78 is 0. The first kappa shape index (κ1) is 5.13. The van der Waals surface area contributed by atoms with Gasteiger partial charge in [-0.25, -0.2) is 0 Å². The Kier molecular flexibility index (Phi) is 1.09. The summed E-state index contributed by atoms with van der Waals surface area (Å²) in [5, 5.41) is 16.8. The SMILES string of the molecule is C[C@@H]1C[C@H]1B(O)O. The molecule has 1 aliphatic rings. The molecule has 0 heterocycles. The second kappa shape index (κ2) is 1.49. The van der Waals surface area contributed by atoms with Gasteiger partial charge in [0.05, 0.1) is 0 Å².